The van der Waals surface area contributed by atoms with Crippen molar-refractivity contribution in [3.05, 3.63) is 28.2 Å². The highest BCUT2D eigenvalue weighted by atomic mass is 79.9. The van der Waals surface area contributed by atoms with Crippen molar-refractivity contribution < 1.29 is 4.74 Å². The molecule has 2 unspecified atom stereocenters. The average molecular weight is 311 g/mol. The van der Waals surface area contributed by atoms with Crippen molar-refractivity contribution >= 4 is 21.6 Å². The Labute approximate surface area is 116 Å². The van der Waals surface area contributed by atoms with Crippen LogP contribution in [0.4, 0.5) is 5.69 Å². The van der Waals surface area contributed by atoms with E-state index < -0.39 is 0 Å². The van der Waals surface area contributed by atoms with Gasteiger partial charge < -0.3 is 10.5 Å². The molecule has 2 N–H and O–H groups in total. The first-order valence-electron chi connectivity index (χ1n) is 6.63. The predicted molar refractivity (Wildman–Crippen MR) is 76.3 cm³/mol. The molecule has 1 saturated carbocycles. The van der Waals surface area contributed by atoms with Gasteiger partial charge in [-0.05, 0) is 37.0 Å². The minimum absolute atomic E-state index is 0.464. The molecule has 0 radical (unpaired) electrons. The van der Waals surface area contributed by atoms with Crippen LogP contribution in [0.15, 0.2) is 22.7 Å². The van der Waals surface area contributed by atoms with Gasteiger partial charge in [-0.1, -0.05) is 22.0 Å². The van der Waals surface area contributed by atoms with Gasteiger partial charge in [0.1, 0.15) is 0 Å². The molecule has 1 saturated heterocycles. The third-order valence-corrected chi connectivity index (χ3v) is 4.79. The summed E-state index contributed by atoms with van der Waals surface area (Å²) in [7, 11) is 0. The van der Waals surface area contributed by atoms with Crippen LogP contribution in [-0.4, -0.2) is 30.2 Å². The van der Waals surface area contributed by atoms with Gasteiger partial charge in [0, 0.05) is 29.3 Å². The molecule has 1 aromatic carbocycles. The number of anilines is 1. The fourth-order valence-electron chi connectivity index (χ4n) is 3.11. The number of nitrogen functional groups attached to an aromatic ring is 1. The van der Waals surface area contributed by atoms with E-state index in [1.807, 2.05) is 12.1 Å². The van der Waals surface area contributed by atoms with E-state index in [0.29, 0.717) is 12.1 Å². The summed E-state index contributed by atoms with van der Waals surface area (Å²) in [6.45, 7) is 2.90. The maximum atomic E-state index is 5.85. The SMILES string of the molecule is Nc1ccc(CN2CCOC3CCCC32)c(Br)c1. The molecule has 1 heterocycles. The predicted octanol–water partition coefficient (Wildman–Crippen LogP) is 2.78. The average Bonchev–Trinajstić information content (AvgIpc) is 2.82. The Morgan fingerprint density at radius 2 is 2.28 bits per heavy atom. The molecule has 18 heavy (non-hydrogen) atoms. The zero-order valence-corrected chi connectivity index (χ0v) is 12.0. The lowest BCUT2D eigenvalue weighted by Crippen LogP contribution is -2.47. The summed E-state index contributed by atoms with van der Waals surface area (Å²) in [4.78, 5) is 2.57. The van der Waals surface area contributed by atoms with Gasteiger partial charge in [0.2, 0.25) is 0 Å². The van der Waals surface area contributed by atoms with Gasteiger partial charge in [-0.3, -0.25) is 4.90 Å². The number of nitrogens with two attached hydrogens (primary N) is 1. The second kappa shape index (κ2) is 5.19. The Hall–Kier alpha value is -0.580. The topological polar surface area (TPSA) is 38.5 Å². The standard InChI is InChI=1S/C14H19BrN2O/c15-12-8-11(16)5-4-10(12)9-17-6-7-18-14-3-1-2-13(14)17/h4-5,8,13-14H,1-3,6-7,9,16H2. The van der Waals surface area contributed by atoms with Crippen molar-refractivity contribution in [1.82, 2.24) is 4.90 Å². The highest BCUT2D eigenvalue weighted by Gasteiger charge is 2.35. The van der Waals surface area contributed by atoms with E-state index in [1.54, 1.807) is 0 Å². The smallest absolute Gasteiger partial charge is 0.0731 e. The van der Waals surface area contributed by atoms with Gasteiger partial charge in [-0.2, -0.15) is 0 Å². The maximum Gasteiger partial charge on any atom is 0.0731 e. The summed E-state index contributed by atoms with van der Waals surface area (Å²) >= 11 is 3.61. The van der Waals surface area contributed by atoms with Gasteiger partial charge in [0.15, 0.2) is 0 Å². The molecule has 2 fully saturated rings. The van der Waals surface area contributed by atoms with E-state index in [4.69, 9.17) is 10.5 Å². The summed E-state index contributed by atoms with van der Waals surface area (Å²) < 4.78 is 6.96. The zero-order valence-electron chi connectivity index (χ0n) is 10.4. The maximum absolute atomic E-state index is 5.85. The number of rotatable bonds is 2. The zero-order chi connectivity index (χ0) is 12.5. The van der Waals surface area contributed by atoms with Crippen LogP contribution in [0.5, 0.6) is 0 Å². The molecule has 0 amide bonds. The molecular weight excluding hydrogens is 292 g/mol. The molecule has 0 spiro atoms. The van der Waals surface area contributed by atoms with E-state index in [-0.39, 0.29) is 0 Å². The largest absolute Gasteiger partial charge is 0.399 e. The quantitative estimate of drug-likeness (QED) is 0.854. The number of fused-ring (bicyclic) bond motifs is 1. The summed E-state index contributed by atoms with van der Waals surface area (Å²) in [6, 6.07) is 6.70. The minimum Gasteiger partial charge on any atom is -0.399 e. The van der Waals surface area contributed by atoms with Crippen LogP contribution >= 0.6 is 15.9 Å². The number of morpholine rings is 1. The molecule has 3 rings (SSSR count). The normalized spacial score (nSPS) is 28.3. The summed E-state index contributed by atoms with van der Waals surface area (Å²) in [5.74, 6) is 0. The lowest BCUT2D eigenvalue weighted by molar-refractivity contribution is -0.0588. The Kier molecular flexibility index (Phi) is 3.59. The third kappa shape index (κ3) is 2.42. The van der Waals surface area contributed by atoms with Crippen molar-refractivity contribution in [2.75, 3.05) is 18.9 Å². The van der Waals surface area contributed by atoms with Crippen molar-refractivity contribution in [3.63, 3.8) is 0 Å². The molecule has 3 nitrogen and oxygen atoms in total. The number of halogens is 1. The number of hydrogen-bond donors (Lipinski definition) is 1. The molecule has 4 heteroatoms. The Morgan fingerprint density at radius 1 is 1.39 bits per heavy atom. The Balaban J connectivity index is 1.75. The molecule has 1 aromatic rings. The van der Waals surface area contributed by atoms with E-state index >= 15 is 0 Å². The molecule has 0 aromatic heterocycles. The molecule has 2 atom stereocenters. The first kappa shape index (κ1) is 12.5. The van der Waals surface area contributed by atoms with E-state index in [1.165, 1.54) is 24.8 Å². The van der Waals surface area contributed by atoms with Crippen LogP contribution in [0.25, 0.3) is 0 Å². The van der Waals surface area contributed by atoms with Crippen LogP contribution in [0, 0.1) is 0 Å². The number of hydrogen-bond acceptors (Lipinski definition) is 3. The molecule has 0 bridgehead atoms. The monoisotopic (exact) mass is 310 g/mol. The van der Waals surface area contributed by atoms with E-state index in [0.717, 1.165) is 29.9 Å². The van der Waals surface area contributed by atoms with Crippen molar-refractivity contribution in [3.8, 4) is 0 Å². The van der Waals surface area contributed by atoms with Crippen LogP contribution < -0.4 is 5.73 Å². The highest BCUT2D eigenvalue weighted by molar-refractivity contribution is 9.10. The van der Waals surface area contributed by atoms with Crippen molar-refractivity contribution in [2.45, 2.75) is 38.0 Å². The molecular formula is C14H19BrN2O. The van der Waals surface area contributed by atoms with Crippen LogP contribution in [-0.2, 0) is 11.3 Å². The van der Waals surface area contributed by atoms with E-state index in [2.05, 4.69) is 26.9 Å². The van der Waals surface area contributed by atoms with E-state index in [9.17, 15) is 0 Å². The number of nitrogens with zero attached hydrogens (tertiary/aromatic N) is 1. The van der Waals surface area contributed by atoms with Gasteiger partial charge in [0.05, 0.1) is 12.7 Å². The minimum atomic E-state index is 0.464. The molecule has 1 aliphatic carbocycles. The number of ether oxygens (including phenoxy) is 1. The second-order valence-corrected chi connectivity index (χ2v) is 6.08. The third-order valence-electron chi connectivity index (χ3n) is 4.05. The summed E-state index contributed by atoms with van der Waals surface area (Å²) in [6.07, 6.45) is 4.27. The fourth-order valence-corrected chi connectivity index (χ4v) is 3.63. The van der Waals surface area contributed by atoms with Gasteiger partial charge in [0.25, 0.3) is 0 Å². The summed E-state index contributed by atoms with van der Waals surface area (Å²) in [5.41, 5.74) is 7.91. The Morgan fingerprint density at radius 3 is 3.11 bits per heavy atom. The molecule has 1 aliphatic heterocycles. The summed E-state index contributed by atoms with van der Waals surface area (Å²) in [5, 5.41) is 0. The number of benzene rings is 1. The first-order valence-corrected chi connectivity index (χ1v) is 7.43. The van der Waals surface area contributed by atoms with Crippen LogP contribution in [0.2, 0.25) is 0 Å². The highest BCUT2D eigenvalue weighted by Crippen LogP contribution is 2.31. The lowest BCUT2D eigenvalue weighted by atomic mass is 10.1. The van der Waals surface area contributed by atoms with Crippen molar-refractivity contribution in [1.29, 1.82) is 0 Å². The first-order chi connectivity index (χ1) is 8.74. The Bertz CT molecular complexity index is 438. The second-order valence-electron chi connectivity index (χ2n) is 5.23. The van der Waals surface area contributed by atoms with Gasteiger partial charge >= 0.3 is 0 Å². The van der Waals surface area contributed by atoms with Gasteiger partial charge in [-0.25, -0.2) is 0 Å². The fraction of sp³-hybridized carbons (Fsp3) is 0.571. The lowest BCUT2D eigenvalue weighted by Gasteiger charge is -2.37. The van der Waals surface area contributed by atoms with Crippen LogP contribution in [0.3, 0.4) is 0 Å². The van der Waals surface area contributed by atoms with Crippen LogP contribution in [0.1, 0.15) is 24.8 Å². The molecule has 2 aliphatic rings. The van der Waals surface area contributed by atoms with Gasteiger partial charge in [-0.15, -0.1) is 0 Å². The van der Waals surface area contributed by atoms with Crippen molar-refractivity contribution in [2.24, 2.45) is 0 Å². The molecule has 98 valence electrons.